The van der Waals surface area contributed by atoms with Crippen LogP contribution in [0.5, 0.6) is 5.75 Å². The van der Waals surface area contributed by atoms with Crippen LogP contribution in [0.3, 0.4) is 0 Å². The highest BCUT2D eigenvalue weighted by molar-refractivity contribution is 5.93. The number of carbonyl (C=O) groups is 2. The van der Waals surface area contributed by atoms with Gasteiger partial charge in [-0.3, -0.25) is 4.79 Å². The van der Waals surface area contributed by atoms with Crippen molar-refractivity contribution in [1.82, 2.24) is 4.90 Å². The summed E-state index contributed by atoms with van der Waals surface area (Å²) in [6, 6.07) is 5.71. The second-order valence-corrected chi connectivity index (χ2v) is 6.84. The van der Waals surface area contributed by atoms with Crippen LogP contribution in [0.15, 0.2) is 29.7 Å². The molecule has 6 heteroatoms. The molecule has 2 heterocycles. The molecule has 0 radical (unpaired) electrons. The molecule has 2 aliphatic rings. The summed E-state index contributed by atoms with van der Waals surface area (Å²) >= 11 is 0. The topological polar surface area (TPSA) is 81.9 Å². The molecule has 1 amide bonds. The van der Waals surface area contributed by atoms with E-state index in [9.17, 15) is 9.59 Å². The number of nitrogens with zero attached hydrogens (tertiary/aromatic N) is 1. The fraction of sp³-hybridized carbons (Fsp3) is 0.500. The molecular weight excluding hydrogens is 332 g/mol. The van der Waals surface area contributed by atoms with Gasteiger partial charge >= 0.3 is 5.97 Å². The lowest BCUT2D eigenvalue weighted by molar-refractivity contribution is -0.139. The third-order valence-corrected chi connectivity index (χ3v) is 4.96. The normalized spacial score (nSPS) is 19.6. The Bertz CT molecular complexity index is 735. The second-order valence-electron chi connectivity index (χ2n) is 6.84. The number of nitrogens with two attached hydrogens (primary N) is 1. The van der Waals surface area contributed by atoms with E-state index >= 15 is 0 Å². The van der Waals surface area contributed by atoms with E-state index in [-0.39, 0.29) is 30.4 Å². The van der Waals surface area contributed by atoms with Crippen molar-refractivity contribution in [1.29, 1.82) is 0 Å². The number of carbonyl (C=O) groups excluding carboxylic acids is 2. The van der Waals surface area contributed by atoms with Crippen LogP contribution in [0.25, 0.3) is 0 Å². The maximum absolute atomic E-state index is 12.9. The number of fused-ring (bicyclic) bond motifs is 1. The number of hydrogen-bond donors (Lipinski definition) is 1. The number of rotatable bonds is 4. The van der Waals surface area contributed by atoms with E-state index in [4.69, 9.17) is 15.2 Å². The fourth-order valence-electron chi connectivity index (χ4n) is 3.64. The van der Waals surface area contributed by atoms with Gasteiger partial charge in [0.2, 0.25) is 11.8 Å². The minimum absolute atomic E-state index is 0.0243. The molecule has 2 aliphatic heterocycles. The van der Waals surface area contributed by atoms with E-state index in [0.29, 0.717) is 5.75 Å². The van der Waals surface area contributed by atoms with Crippen molar-refractivity contribution in [2.75, 3.05) is 19.7 Å². The number of benzene rings is 1. The van der Waals surface area contributed by atoms with E-state index in [1.807, 2.05) is 30.0 Å². The molecule has 26 heavy (non-hydrogen) atoms. The molecule has 1 unspecified atom stereocenters. The standard InChI is InChI=1S/C20H26N2O4/c1-3-25-20(24)18-15(12-17(23)22-9-5-4-6-10-22)14-11-13(2)7-8-16(14)26-19(18)21/h7-8,11,15H,3-6,9-10,12,21H2,1-2H3. The summed E-state index contributed by atoms with van der Waals surface area (Å²) in [5.41, 5.74) is 8.13. The second kappa shape index (κ2) is 7.81. The van der Waals surface area contributed by atoms with Gasteiger partial charge in [-0.05, 0) is 39.2 Å². The molecule has 0 aromatic heterocycles. The zero-order valence-electron chi connectivity index (χ0n) is 15.4. The van der Waals surface area contributed by atoms with Gasteiger partial charge in [0.15, 0.2) is 0 Å². The largest absolute Gasteiger partial charge is 0.462 e. The molecule has 1 fully saturated rings. The number of likely N-dealkylation sites (tertiary alicyclic amines) is 1. The van der Waals surface area contributed by atoms with Crippen LogP contribution in [0.2, 0.25) is 0 Å². The molecule has 0 saturated carbocycles. The van der Waals surface area contributed by atoms with Gasteiger partial charge in [-0.1, -0.05) is 17.7 Å². The maximum atomic E-state index is 12.9. The van der Waals surface area contributed by atoms with Crippen LogP contribution < -0.4 is 10.5 Å². The quantitative estimate of drug-likeness (QED) is 0.837. The Morgan fingerprint density at radius 1 is 1.27 bits per heavy atom. The SMILES string of the molecule is CCOC(=O)C1=C(N)Oc2ccc(C)cc2C1CC(=O)N1CCCCC1. The molecule has 0 bridgehead atoms. The van der Waals surface area contributed by atoms with Gasteiger partial charge in [-0.25, -0.2) is 4.79 Å². The van der Waals surface area contributed by atoms with E-state index in [2.05, 4.69) is 0 Å². The first kappa shape index (κ1) is 18.3. The molecule has 0 aliphatic carbocycles. The molecule has 6 nitrogen and oxygen atoms in total. The molecule has 1 atom stereocenters. The number of ether oxygens (including phenoxy) is 2. The zero-order chi connectivity index (χ0) is 18.7. The number of aryl methyl sites for hydroxylation is 1. The zero-order valence-corrected chi connectivity index (χ0v) is 15.4. The predicted octanol–water partition coefficient (Wildman–Crippen LogP) is 2.61. The Hall–Kier alpha value is -2.50. The Labute approximate surface area is 153 Å². The molecule has 3 rings (SSSR count). The Balaban J connectivity index is 1.94. The van der Waals surface area contributed by atoms with E-state index < -0.39 is 11.9 Å². The van der Waals surface area contributed by atoms with Crippen molar-refractivity contribution in [3.63, 3.8) is 0 Å². The monoisotopic (exact) mass is 358 g/mol. The first-order valence-electron chi connectivity index (χ1n) is 9.24. The lowest BCUT2D eigenvalue weighted by Crippen LogP contribution is -2.37. The molecule has 1 aromatic carbocycles. The summed E-state index contributed by atoms with van der Waals surface area (Å²) in [4.78, 5) is 27.3. The van der Waals surface area contributed by atoms with Gasteiger partial charge in [-0.15, -0.1) is 0 Å². The molecule has 0 spiro atoms. The summed E-state index contributed by atoms with van der Waals surface area (Å²) in [5, 5.41) is 0. The molecular formula is C20H26N2O4. The summed E-state index contributed by atoms with van der Waals surface area (Å²) in [6.07, 6.45) is 3.40. The third kappa shape index (κ3) is 3.69. The average molecular weight is 358 g/mol. The molecule has 2 N–H and O–H groups in total. The van der Waals surface area contributed by atoms with Crippen molar-refractivity contribution >= 4 is 11.9 Å². The van der Waals surface area contributed by atoms with Crippen molar-refractivity contribution < 1.29 is 19.1 Å². The van der Waals surface area contributed by atoms with Crippen LogP contribution >= 0.6 is 0 Å². The van der Waals surface area contributed by atoms with Crippen LogP contribution in [0.1, 0.15) is 49.7 Å². The van der Waals surface area contributed by atoms with Crippen LogP contribution in [-0.2, 0) is 14.3 Å². The molecule has 1 saturated heterocycles. The molecule has 140 valence electrons. The average Bonchev–Trinajstić information content (AvgIpc) is 2.63. The number of esters is 1. The highest BCUT2D eigenvalue weighted by Gasteiger charge is 2.36. The third-order valence-electron chi connectivity index (χ3n) is 4.96. The van der Waals surface area contributed by atoms with E-state index in [0.717, 1.165) is 43.5 Å². The number of hydrogen-bond acceptors (Lipinski definition) is 5. The van der Waals surface area contributed by atoms with E-state index in [1.165, 1.54) is 0 Å². The minimum Gasteiger partial charge on any atom is -0.462 e. The summed E-state index contributed by atoms with van der Waals surface area (Å²) in [6.45, 7) is 5.50. The lowest BCUT2D eigenvalue weighted by atomic mass is 9.84. The van der Waals surface area contributed by atoms with Gasteiger partial charge in [0.1, 0.15) is 11.3 Å². The summed E-state index contributed by atoms with van der Waals surface area (Å²) in [7, 11) is 0. The van der Waals surface area contributed by atoms with Gasteiger partial charge < -0.3 is 20.1 Å². The predicted molar refractivity (Wildman–Crippen MR) is 97.4 cm³/mol. The molecule has 1 aromatic rings. The number of amides is 1. The van der Waals surface area contributed by atoms with Gasteiger partial charge in [0, 0.05) is 31.0 Å². The van der Waals surface area contributed by atoms with E-state index in [1.54, 1.807) is 6.92 Å². The minimum atomic E-state index is -0.520. The Morgan fingerprint density at radius 3 is 2.69 bits per heavy atom. The Kier molecular flexibility index (Phi) is 5.49. The smallest absolute Gasteiger partial charge is 0.340 e. The Morgan fingerprint density at radius 2 is 2.00 bits per heavy atom. The van der Waals surface area contributed by atoms with Gasteiger partial charge in [0.05, 0.1) is 6.61 Å². The van der Waals surface area contributed by atoms with Crippen LogP contribution in [0.4, 0.5) is 0 Å². The van der Waals surface area contributed by atoms with Crippen LogP contribution in [0, 0.1) is 6.92 Å². The fourth-order valence-corrected chi connectivity index (χ4v) is 3.64. The highest BCUT2D eigenvalue weighted by atomic mass is 16.5. The van der Waals surface area contributed by atoms with Gasteiger partial charge in [0.25, 0.3) is 0 Å². The summed E-state index contributed by atoms with van der Waals surface area (Å²) in [5.74, 6) is -0.312. The van der Waals surface area contributed by atoms with Crippen LogP contribution in [-0.4, -0.2) is 36.5 Å². The van der Waals surface area contributed by atoms with Crippen molar-refractivity contribution in [2.45, 2.75) is 45.4 Å². The summed E-state index contributed by atoms with van der Waals surface area (Å²) < 4.78 is 10.8. The van der Waals surface area contributed by atoms with Crippen molar-refractivity contribution in [3.8, 4) is 5.75 Å². The highest BCUT2D eigenvalue weighted by Crippen LogP contribution is 2.41. The lowest BCUT2D eigenvalue weighted by Gasteiger charge is -2.31. The maximum Gasteiger partial charge on any atom is 0.340 e. The van der Waals surface area contributed by atoms with Crippen molar-refractivity contribution in [3.05, 3.63) is 40.8 Å². The van der Waals surface area contributed by atoms with Gasteiger partial charge in [-0.2, -0.15) is 0 Å². The first-order chi connectivity index (χ1) is 12.5. The van der Waals surface area contributed by atoms with Crippen molar-refractivity contribution in [2.24, 2.45) is 5.73 Å². The first-order valence-corrected chi connectivity index (χ1v) is 9.24. The number of piperidine rings is 1.